The Labute approximate surface area is 163 Å². The van der Waals surface area contributed by atoms with Crippen molar-refractivity contribution in [2.45, 2.75) is 6.92 Å². The molecule has 28 heavy (non-hydrogen) atoms. The van der Waals surface area contributed by atoms with E-state index in [1.165, 1.54) is 5.56 Å². The number of rotatable bonds is 5. The summed E-state index contributed by atoms with van der Waals surface area (Å²) in [5, 5.41) is 0. The number of methoxy groups -OCH3 is 3. The second-order valence-electron chi connectivity index (χ2n) is 6.41. The Kier molecular flexibility index (Phi) is 4.61. The van der Waals surface area contributed by atoms with Crippen molar-refractivity contribution in [3.05, 3.63) is 60.6 Å². The van der Waals surface area contributed by atoms with Crippen LogP contribution in [0.3, 0.4) is 0 Å². The summed E-state index contributed by atoms with van der Waals surface area (Å²) in [5.74, 6) is 1.70. The molecule has 0 atom stereocenters. The summed E-state index contributed by atoms with van der Waals surface area (Å²) in [4.78, 5) is 9.40. The van der Waals surface area contributed by atoms with Gasteiger partial charge in [-0.05, 0) is 19.1 Å². The van der Waals surface area contributed by atoms with E-state index < -0.39 is 0 Å². The monoisotopic (exact) mass is 375 g/mol. The molecular formula is C22H21N3O3. The Balaban J connectivity index is 1.89. The molecule has 0 aliphatic rings. The van der Waals surface area contributed by atoms with Gasteiger partial charge in [0.2, 0.25) is 5.75 Å². The van der Waals surface area contributed by atoms with Crippen molar-refractivity contribution < 1.29 is 14.2 Å². The molecule has 142 valence electrons. The zero-order chi connectivity index (χ0) is 19.7. The summed E-state index contributed by atoms with van der Waals surface area (Å²) >= 11 is 0. The lowest BCUT2D eigenvalue weighted by Gasteiger charge is -2.14. The number of fused-ring (bicyclic) bond motifs is 1. The maximum absolute atomic E-state index is 5.48. The molecule has 0 radical (unpaired) electrons. The van der Waals surface area contributed by atoms with Gasteiger partial charge < -0.3 is 18.6 Å². The molecule has 4 rings (SSSR count). The first-order chi connectivity index (χ1) is 13.6. The van der Waals surface area contributed by atoms with Gasteiger partial charge in [-0.1, -0.05) is 29.8 Å². The molecule has 0 saturated carbocycles. The number of ether oxygens (including phenoxy) is 3. The van der Waals surface area contributed by atoms with Gasteiger partial charge in [0.15, 0.2) is 17.1 Å². The molecule has 0 bridgehead atoms. The van der Waals surface area contributed by atoms with E-state index in [0.717, 1.165) is 28.2 Å². The molecular weight excluding hydrogens is 354 g/mol. The van der Waals surface area contributed by atoms with Crippen molar-refractivity contribution in [1.82, 2.24) is 14.4 Å². The van der Waals surface area contributed by atoms with Crippen molar-refractivity contribution in [2.24, 2.45) is 0 Å². The molecule has 4 aromatic rings. The summed E-state index contributed by atoms with van der Waals surface area (Å²) < 4.78 is 18.3. The predicted octanol–water partition coefficient (Wildman–Crippen LogP) is 4.40. The van der Waals surface area contributed by atoms with Crippen molar-refractivity contribution >= 4 is 5.65 Å². The third kappa shape index (κ3) is 3.03. The van der Waals surface area contributed by atoms with Gasteiger partial charge in [0.25, 0.3) is 0 Å². The first-order valence-electron chi connectivity index (χ1n) is 8.85. The van der Waals surface area contributed by atoms with E-state index in [2.05, 4.69) is 36.2 Å². The average molecular weight is 375 g/mol. The number of hydrogen-bond donors (Lipinski definition) is 0. The van der Waals surface area contributed by atoms with Gasteiger partial charge in [-0.3, -0.25) is 4.98 Å². The van der Waals surface area contributed by atoms with Crippen molar-refractivity contribution in [2.75, 3.05) is 21.3 Å². The largest absolute Gasteiger partial charge is 0.493 e. The fraction of sp³-hybridized carbons (Fsp3) is 0.182. The van der Waals surface area contributed by atoms with E-state index in [9.17, 15) is 0 Å². The number of nitrogens with zero attached hydrogens (tertiary/aromatic N) is 3. The normalized spacial score (nSPS) is 10.9. The van der Waals surface area contributed by atoms with Gasteiger partial charge in [-0.2, -0.15) is 0 Å². The number of hydrogen-bond acceptors (Lipinski definition) is 5. The Hall–Kier alpha value is -3.54. The lowest BCUT2D eigenvalue weighted by atomic mass is 10.1. The number of benzene rings is 2. The molecule has 2 aromatic heterocycles. The Morgan fingerprint density at radius 2 is 1.54 bits per heavy atom. The minimum Gasteiger partial charge on any atom is -0.493 e. The Morgan fingerprint density at radius 1 is 0.857 bits per heavy atom. The summed E-state index contributed by atoms with van der Waals surface area (Å²) in [6, 6.07) is 12.1. The van der Waals surface area contributed by atoms with E-state index in [1.807, 2.05) is 28.9 Å². The van der Waals surface area contributed by atoms with Crippen LogP contribution in [0.2, 0.25) is 0 Å². The van der Waals surface area contributed by atoms with Gasteiger partial charge in [0, 0.05) is 29.7 Å². The quantitative estimate of drug-likeness (QED) is 0.518. The molecule has 0 N–H and O–H groups in total. The Morgan fingerprint density at radius 3 is 2.14 bits per heavy atom. The smallest absolute Gasteiger partial charge is 0.203 e. The van der Waals surface area contributed by atoms with Crippen LogP contribution in [0.1, 0.15) is 5.56 Å². The molecule has 0 saturated heterocycles. The van der Waals surface area contributed by atoms with Crippen LogP contribution in [0.4, 0.5) is 0 Å². The minimum absolute atomic E-state index is 0.546. The summed E-state index contributed by atoms with van der Waals surface area (Å²) in [7, 11) is 4.78. The average Bonchev–Trinajstić information content (AvgIpc) is 3.17. The fourth-order valence-corrected chi connectivity index (χ4v) is 3.20. The van der Waals surface area contributed by atoms with Crippen LogP contribution in [0.25, 0.3) is 28.2 Å². The van der Waals surface area contributed by atoms with Gasteiger partial charge in [0.05, 0.1) is 27.0 Å². The molecule has 2 heterocycles. The fourth-order valence-electron chi connectivity index (χ4n) is 3.20. The van der Waals surface area contributed by atoms with Crippen LogP contribution in [0.5, 0.6) is 17.2 Å². The lowest BCUT2D eigenvalue weighted by molar-refractivity contribution is 0.324. The van der Waals surface area contributed by atoms with E-state index in [4.69, 9.17) is 19.2 Å². The highest BCUT2D eigenvalue weighted by Crippen LogP contribution is 2.41. The van der Waals surface area contributed by atoms with E-state index in [1.54, 1.807) is 27.5 Å². The molecule has 2 aromatic carbocycles. The van der Waals surface area contributed by atoms with Gasteiger partial charge in [-0.15, -0.1) is 0 Å². The molecule has 0 spiro atoms. The molecule has 6 nitrogen and oxygen atoms in total. The zero-order valence-electron chi connectivity index (χ0n) is 16.3. The highest BCUT2D eigenvalue weighted by molar-refractivity contribution is 5.79. The van der Waals surface area contributed by atoms with Crippen molar-refractivity contribution in [1.29, 1.82) is 0 Å². The second-order valence-corrected chi connectivity index (χ2v) is 6.41. The number of aryl methyl sites for hydroxylation is 1. The highest BCUT2D eigenvalue weighted by atomic mass is 16.5. The van der Waals surface area contributed by atoms with Crippen LogP contribution in [0, 0.1) is 6.92 Å². The van der Waals surface area contributed by atoms with Crippen molar-refractivity contribution in [3.8, 4) is 39.8 Å². The van der Waals surface area contributed by atoms with Gasteiger partial charge in [-0.25, -0.2) is 4.98 Å². The molecule has 0 fully saturated rings. The topological polar surface area (TPSA) is 57.9 Å². The van der Waals surface area contributed by atoms with Crippen LogP contribution in [0.15, 0.2) is 55.0 Å². The maximum Gasteiger partial charge on any atom is 0.203 e. The zero-order valence-corrected chi connectivity index (χ0v) is 16.3. The number of aromatic nitrogens is 3. The van der Waals surface area contributed by atoms with Gasteiger partial charge >= 0.3 is 0 Å². The summed E-state index contributed by atoms with van der Waals surface area (Å²) in [6.45, 7) is 2.07. The third-order valence-corrected chi connectivity index (χ3v) is 4.66. The molecule has 0 aliphatic heterocycles. The molecule has 0 aliphatic carbocycles. The lowest BCUT2D eigenvalue weighted by Crippen LogP contribution is -1.97. The van der Waals surface area contributed by atoms with Crippen LogP contribution >= 0.6 is 0 Å². The van der Waals surface area contributed by atoms with Crippen LogP contribution in [-0.2, 0) is 0 Å². The van der Waals surface area contributed by atoms with E-state index in [0.29, 0.717) is 17.2 Å². The SMILES string of the molecule is COc1cc(-c2nccn3cc(-c4ccc(C)cc4)nc23)cc(OC)c1OC. The predicted molar refractivity (Wildman–Crippen MR) is 108 cm³/mol. The van der Waals surface area contributed by atoms with Crippen molar-refractivity contribution in [3.63, 3.8) is 0 Å². The van der Waals surface area contributed by atoms with Gasteiger partial charge in [0.1, 0.15) is 5.69 Å². The maximum atomic E-state index is 5.48. The molecule has 0 unspecified atom stereocenters. The molecule has 0 amide bonds. The highest BCUT2D eigenvalue weighted by Gasteiger charge is 2.17. The first kappa shape index (κ1) is 17.9. The van der Waals surface area contributed by atoms with Crippen LogP contribution < -0.4 is 14.2 Å². The summed E-state index contributed by atoms with van der Waals surface area (Å²) in [5.41, 5.74) is 5.49. The third-order valence-electron chi connectivity index (χ3n) is 4.66. The Bertz CT molecular complexity index is 1110. The van der Waals surface area contributed by atoms with Crippen LogP contribution in [-0.4, -0.2) is 35.7 Å². The minimum atomic E-state index is 0.546. The van der Waals surface area contributed by atoms with E-state index in [-0.39, 0.29) is 0 Å². The standard InChI is InChI=1S/C22H21N3O3/c1-14-5-7-15(8-6-14)17-13-25-10-9-23-20(22(25)24-17)16-11-18(26-2)21(28-4)19(12-16)27-3/h5-13H,1-4H3. The molecule has 6 heteroatoms. The number of imidazole rings is 1. The summed E-state index contributed by atoms with van der Waals surface area (Å²) in [6.07, 6.45) is 5.65. The first-order valence-corrected chi connectivity index (χ1v) is 8.85. The second kappa shape index (κ2) is 7.23. The van der Waals surface area contributed by atoms with E-state index >= 15 is 0 Å².